The first kappa shape index (κ1) is 5.02. The summed E-state index contributed by atoms with van der Waals surface area (Å²) >= 11 is 5.12. The van der Waals surface area contributed by atoms with Gasteiger partial charge in [0.05, 0.1) is 20.5 Å². The Morgan fingerprint density at radius 1 is 1.70 bits per heavy atom. The standard InChI is InChI=1S/C6H4ClF2N/c7-2-6-5(9)1-4(8)3-10-6/h1,3H,2H2/i2D2. The van der Waals surface area contributed by atoms with Crippen molar-refractivity contribution in [3.63, 3.8) is 0 Å². The van der Waals surface area contributed by atoms with Gasteiger partial charge in [0.15, 0.2) is 0 Å². The summed E-state index contributed by atoms with van der Waals surface area (Å²) in [6.07, 6.45) is 0.707. The third-order valence-corrected chi connectivity index (χ3v) is 1.08. The summed E-state index contributed by atoms with van der Waals surface area (Å²) in [5, 5.41) is 0. The number of pyridine rings is 1. The molecule has 0 unspecified atom stereocenters. The van der Waals surface area contributed by atoms with Crippen LogP contribution in [0.25, 0.3) is 0 Å². The lowest BCUT2D eigenvalue weighted by atomic mass is 10.3. The van der Waals surface area contributed by atoms with Crippen LogP contribution in [0.1, 0.15) is 8.44 Å². The zero-order valence-electron chi connectivity index (χ0n) is 6.74. The Balaban J connectivity index is 3.19. The third kappa shape index (κ3) is 1.42. The summed E-state index contributed by atoms with van der Waals surface area (Å²) in [4.78, 5) is 3.19. The van der Waals surface area contributed by atoms with Gasteiger partial charge in [-0.05, 0) is 0 Å². The molecular weight excluding hydrogens is 160 g/mol. The molecule has 0 atom stereocenters. The summed E-state index contributed by atoms with van der Waals surface area (Å²) in [6, 6.07) is 0.530. The van der Waals surface area contributed by atoms with Gasteiger partial charge in [-0.2, -0.15) is 0 Å². The van der Waals surface area contributed by atoms with Crippen molar-refractivity contribution in [3.8, 4) is 0 Å². The molecule has 0 bridgehead atoms. The van der Waals surface area contributed by atoms with Crippen LogP contribution in [0.2, 0.25) is 0 Å². The van der Waals surface area contributed by atoms with Gasteiger partial charge in [0, 0.05) is 6.07 Å². The molecule has 0 aliphatic heterocycles. The number of hydrogen-bond donors (Lipinski definition) is 0. The number of nitrogens with zero attached hydrogens (tertiary/aromatic N) is 1. The fourth-order valence-electron chi connectivity index (χ4n) is 0.484. The van der Waals surface area contributed by atoms with E-state index < -0.39 is 23.2 Å². The predicted molar refractivity (Wildman–Crippen MR) is 33.7 cm³/mol. The van der Waals surface area contributed by atoms with E-state index in [1.807, 2.05) is 0 Å². The van der Waals surface area contributed by atoms with Gasteiger partial charge in [0.2, 0.25) is 0 Å². The van der Waals surface area contributed by atoms with Crippen LogP contribution in [0.15, 0.2) is 12.3 Å². The van der Waals surface area contributed by atoms with Crippen molar-refractivity contribution in [1.29, 1.82) is 0 Å². The highest BCUT2D eigenvalue weighted by molar-refractivity contribution is 6.16. The molecule has 0 saturated heterocycles. The molecule has 1 aromatic heterocycles. The molecule has 0 fully saturated rings. The van der Waals surface area contributed by atoms with Crippen LogP contribution < -0.4 is 0 Å². The van der Waals surface area contributed by atoms with Gasteiger partial charge in [-0.25, -0.2) is 8.78 Å². The molecule has 10 heavy (non-hydrogen) atoms. The van der Waals surface area contributed by atoms with Crippen LogP contribution in [-0.2, 0) is 5.83 Å². The smallest absolute Gasteiger partial charge is 0.148 e. The van der Waals surface area contributed by atoms with Crippen molar-refractivity contribution in [2.45, 2.75) is 5.83 Å². The lowest BCUT2D eigenvalue weighted by molar-refractivity contribution is 0.563. The Morgan fingerprint density at radius 2 is 2.40 bits per heavy atom. The molecule has 0 saturated carbocycles. The number of halogens is 3. The Kier molecular flexibility index (Phi) is 1.47. The van der Waals surface area contributed by atoms with E-state index in [0.717, 1.165) is 0 Å². The summed E-state index contributed by atoms with van der Waals surface area (Å²) in [6.45, 7) is 0. The Hall–Kier alpha value is -0.700. The maximum atomic E-state index is 12.7. The van der Waals surface area contributed by atoms with E-state index in [2.05, 4.69) is 4.98 Å². The van der Waals surface area contributed by atoms with Gasteiger partial charge in [0.25, 0.3) is 0 Å². The SMILES string of the molecule is [2H]C([2H])(Cl)c1ncc(F)cc1F. The third-order valence-electron chi connectivity index (χ3n) is 0.897. The molecule has 1 rings (SSSR count). The van der Waals surface area contributed by atoms with Crippen LogP contribution in [0.5, 0.6) is 0 Å². The summed E-state index contributed by atoms with van der Waals surface area (Å²) in [7, 11) is 0. The second-order valence-corrected chi connectivity index (χ2v) is 1.77. The van der Waals surface area contributed by atoms with E-state index in [4.69, 9.17) is 14.3 Å². The van der Waals surface area contributed by atoms with E-state index in [0.29, 0.717) is 12.3 Å². The molecule has 0 aromatic carbocycles. The van der Waals surface area contributed by atoms with E-state index in [-0.39, 0.29) is 0 Å². The minimum atomic E-state index is -2.40. The highest BCUT2D eigenvalue weighted by atomic mass is 35.5. The first-order chi connectivity index (χ1) is 5.41. The Labute approximate surface area is 64.5 Å². The molecular formula is C6H4ClF2N. The van der Waals surface area contributed by atoms with Gasteiger partial charge in [-0.3, -0.25) is 4.98 Å². The van der Waals surface area contributed by atoms with Crippen LogP contribution in [0, 0.1) is 11.6 Å². The zero-order chi connectivity index (χ0) is 9.35. The highest BCUT2D eigenvalue weighted by Gasteiger charge is 2.02. The Bertz CT molecular complexity index is 300. The van der Waals surface area contributed by atoms with E-state index in [1.54, 1.807) is 0 Å². The molecule has 1 nitrogen and oxygen atoms in total. The van der Waals surface area contributed by atoms with Crippen LogP contribution in [-0.4, -0.2) is 4.98 Å². The van der Waals surface area contributed by atoms with Crippen LogP contribution in [0.3, 0.4) is 0 Å². The average molecular weight is 166 g/mol. The molecule has 0 radical (unpaired) electrons. The fourth-order valence-corrected chi connectivity index (χ4v) is 0.623. The second kappa shape index (κ2) is 2.92. The normalized spacial score (nSPS) is 14.3. The first-order valence-electron chi connectivity index (χ1n) is 3.41. The van der Waals surface area contributed by atoms with Gasteiger partial charge >= 0.3 is 0 Å². The van der Waals surface area contributed by atoms with Crippen molar-refractivity contribution in [1.82, 2.24) is 4.98 Å². The lowest BCUT2D eigenvalue weighted by Crippen LogP contribution is -1.91. The Morgan fingerprint density at radius 3 is 2.90 bits per heavy atom. The number of hydrogen-bond acceptors (Lipinski definition) is 1. The van der Waals surface area contributed by atoms with Gasteiger partial charge in [-0.1, -0.05) is 0 Å². The van der Waals surface area contributed by atoms with Crippen molar-refractivity contribution in [2.75, 3.05) is 0 Å². The maximum Gasteiger partial charge on any atom is 0.148 e. The van der Waals surface area contributed by atoms with E-state index >= 15 is 0 Å². The molecule has 0 aliphatic carbocycles. The minimum Gasteiger partial charge on any atom is -0.254 e. The zero-order valence-corrected chi connectivity index (χ0v) is 5.49. The molecule has 1 heterocycles. The van der Waals surface area contributed by atoms with E-state index in [9.17, 15) is 8.78 Å². The lowest BCUT2D eigenvalue weighted by Gasteiger charge is -1.94. The summed E-state index contributed by atoms with van der Waals surface area (Å²) in [5.41, 5.74) is -0.606. The molecule has 0 N–H and O–H groups in total. The molecule has 0 aliphatic rings. The predicted octanol–water partition coefficient (Wildman–Crippen LogP) is 2.10. The quantitative estimate of drug-likeness (QED) is 0.581. The molecule has 0 spiro atoms. The van der Waals surface area contributed by atoms with Gasteiger partial charge in [-0.15, -0.1) is 11.6 Å². The van der Waals surface area contributed by atoms with Crippen molar-refractivity contribution in [3.05, 3.63) is 29.6 Å². The largest absolute Gasteiger partial charge is 0.254 e. The van der Waals surface area contributed by atoms with Crippen molar-refractivity contribution >= 4 is 11.6 Å². The minimum absolute atomic E-state index is 0.530. The molecule has 1 aromatic rings. The molecule has 0 amide bonds. The second-order valence-electron chi connectivity index (χ2n) is 1.58. The summed E-state index contributed by atoms with van der Waals surface area (Å²) < 4.78 is 38.8. The highest BCUT2D eigenvalue weighted by Crippen LogP contribution is 2.07. The number of rotatable bonds is 1. The molecule has 4 heteroatoms. The first-order valence-corrected chi connectivity index (χ1v) is 2.79. The van der Waals surface area contributed by atoms with E-state index in [1.165, 1.54) is 0 Å². The topological polar surface area (TPSA) is 12.9 Å². The van der Waals surface area contributed by atoms with Crippen molar-refractivity contribution in [2.24, 2.45) is 0 Å². The van der Waals surface area contributed by atoms with Gasteiger partial charge < -0.3 is 0 Å². The van der Waals surface area contributed by atoms with Crippen molar-refractivity contribution < 1.29 is 11.5 Å². The summed E-state index contributed by atoms with van der Waals surface area (Å²) in [5.74, 6) is -4.36. The molecule has 54 valence electrons. The monoisotopic (exact) mass is 165 g/mol. The average Bonchev–Trinajstić information content (AvgIpc) is 1.83. The number of alkyl halides is 1. The maximum absolute atomic E-state index is 12.7. The van der Waals surface area contributed by atoms with Gasteiger partial charge in [0.1, 0.15) is 11.6 Å². The van der Waals surface area contributed by atoms with Crippen LogP contribution in [0.4, 0.5) is 8.78 Å². The number of aromatic nitrogens is 1. The fraction of sp³-hybridized carbons (Fsp3) is 0.167. The van der Waals surface area contributed by atoms with Crippen LogP contribution >= 0.6 is 11.6 Å².